The van der Waals surface area contributed by atoms with Gasteiger partial charge in [-0.3, -0.25) is 9.36 Å². The molecule has 126 valence electrons. The molecule has 2 aliphatic carbocycles. The number of rotatable bonds is 7. The Morgan fingerprint density at radius 1 is 1.29 bits per heavy atom. The molecule has 24 heavy (non-hydrogen) atoms. The standard InChI is InChI=1S/C19H23N3OS/c1-14-4-2-3-5-17(14)21-11-10-20-19(21)24-13-18(23)22(16-8-9-16)12-15-6-7-15/h2-5,10-11,15-16H,6-9,12-13H2,1H3. The van der Waals surface area contributed by atoms with Gasteiger partial charge in [0.2, 0.25) is 5.91 Å². The average Bonchev–Trinajstić information content (AvgIpc) is 3.50. The minimum atomic E-state index is 0.272. The van der Waals surface area contributed by atoms with E-state index >= 15 is 0 Å². The lowest BCUT2D eigenvalue weighted by Gasteiger charge is -2.22. The first-order valence-electron chi connectivity index (χ1n) is 8.74. The summed E-state index contributed by atoms with van der Waals surface area (Å²) in [5.74, 6) is 1.51. The zero-order valence-electron chi connectivity index (χ0n) is 14.0. The van der Waals surface area contributed by atoms with Crippen LogP contribution in [-0.2, 0) is 4.79 Å². The summed E-state index contributed by atoms with van der Waals surface area (Å²) in [6.45, 7) is 3.07. The average molecular weight is 341 g/mol. The number of hydrogen-bond donors (Lipinski definition) is 0. The van der Waals surface area contributed by atoms with Gasteiger partial charge in [0.1, 0.15) is 0 Å². The molecule has 0 spiro atoms. The molecule has 2 fully saturated rings. The van der Waals surface area contributed by atoms with Crippen molar-refractivity contribution in [3.8, 4) is 5.69 Å². The molecule has 1 amide bonds. The molecule has 0 bridgehead atoms. The van der Waals surface area contributed by atoms with E-state index in [1.165, 1.54) is 31.2 Å². The van der Waals surface area contributed by atoms with Crippen LogP contribution in [0.3, 0.4) is 0 Å². The van der Waals surface area contributed by atoms with Crippen molar-refractivity contribution < 1.29 is 4.79 Å². The van der Waals surface area contributed by atoms with Gasteiger partial charge in [-0.15, -0.1) is 0 Å². The molecule has 0 atom stereocenters. The van der Waals surface area contributed by atoms with E-state index in [1.54, 1.807) is 11.8 Å². The number of thioether (sulfide) groups is 1. The summed E-state index contributed by atoms with van der Waals surface area (Å²) < 4.78 is 2.08. The van der Waals surface area contributed by atoms with E-state index in [9.17, 15) is 4.79 Å². The lowest BCUT2D eigenvalue weighted by Crippen LogP contribution is -2.36. The number of carbonyl (C=O) groups is 1. The maximum atomic E-state index is 12.7. The highest BCUT2D eigenvalue weighted by atomic mass is 32.2. The van der Waals surface area contributed by atoms with Crippen LogP contribution in [0.5, 0.6) is 0 Å². The molecule has 5 heteroatoms. The predicted octanol–water partition coefficient (Wildman–Crippen LogP) is 3.67. The maximum absolute atomic E-state index is 12.7. The fraction of sp³-hybridized carbons (Fsp3) is 0.474. The molecular weight excluding hydrogens is 318 g/mol. The van der Waals surface area contributed by atoms with Gasteiger partial charge in [-0.25, -0.2) is 4.98 Å². The van der Waals surface area contributed by atoms with Crippen molar-refractivity contribution in [1.29, 1.82) is 0 Å². The highest BCUT2D eigenvalue weighted by molar-refractivity contribution is 7.99. The van der Waals surface area contributed by atoms with Crippen LogP contribution in [0.4, 0.5) is 0 Å². The Balaban J connectivity index is 1.43. The Bertz CT molecular complexity index is 734. The van der Waals surface area contributed by atoms with Crippen LogP contribution < -0.4 is 0 Å². The van der Waals surface area contributed by atoms with Crippen LogP contribution in [0.1, 0.15) is 31.2 Å². The Kier molecular flexibility index (Phi) is 4.35. The zero-order valence-corrected chi connectivity index (χ0v) is 14.8. The van der Waals surface area contributed by atoms with E-state index in [2.05, 4.69) is 33.5 Å². The van der Waals surface area contributed by atoms with Gasteiger partial charge in [0.15, 0.2) is 5.16 Å². The summed E-state index contributed by atoms with van der Waals surface area (Å²) in [7, 11) is 0. The minimum Gasteiger partial charge on any atom is -0.339 e. The molecule has 1 aromatic carbocycles. The fourth-order valence-electron chi connectivity index (χ4n) is 3.04. The molecule has 2 aliphatic rings. The number of imidazole rings is 1. The third kappa shape index (κ3) is 3.51. The van der Waals surface area contributed by atoms with Crippen LogP contribution in [0.2, 0.25) is 0 Å². The SMILES string of the molecule is Cc1ccccc1-n1ccnc1SCC(=O)N(CC1CC1)C1CC1. The van der Waals surface area contributed by atoms with E-state index in [0.717, 1.165) is 23.3 Å². The lowest BCUT2D eigenvalue weighted by atomic mass is 10.2. The number of amides is 1. The van der Waals surface area contributed by atoms with Gasteiger partial charge >= 0.3 is 0 Å². The number of nitrogens with zero attached hydrogens (tertiary/aromatic N) is 3. The Morgan fingerprint density at radius 3 is 2.79 bits per heavy atom. The van der Waals surface area contributed by atoms with Crippen LogP contribution in [-0.4, -0.2) is 38.7 Å². The molecule has 0 radical (unpaired) electrons. The first-order valence-corrected chi connectivity index (χ1v) is 9.72. The summed E-state index contributed by atoms with van der Waals surface area (Å²) in [5.41, 5.74) is 2.33. The van der Waals surface area contributed by atoms with Gasteiger partial charge < -0.3 is 4.90 Å². The van der Waals surface area contributed by atoms with Crippen molar-refractivity contribution in [3.05, 3.63) is 42.2 Å². The molecule has 2 saturated carbocycles. The highest BCUT2D eigenvalue weighted by Crippen LogP contribution is 2.35. The molecular formula is C19H23N3OS. The minimum absolute atomic E-state index is 0.272. The quantitative estimate of drug-likeness (QED) is 0.721. The molecule has 1 heterocycles. The normalized spacial score (nSPS) is 17.0. The molecule has 4 rings (SSSR count). The second-order valence-electron chi connectivity index (χ2n) is 6.88. The number of aromatic nitrogens is 2. The van der Waals surface area contributed by atoms with Crippen LogP contribution in [0.25, 0.3) is 5.69 Å². The fourth-order valence-corrected chi connectivity index (χ4v) is 3.89. The van der Waals surface area contributed by atoms with Crippen molar-refractivity contribution in [3.63, 3.8) is 0 Å². The lowest BCUT2D eigenvalue weighted by molar-refractivity contribution is -0.129. The van der Waals surface area contributed by atoms with Gasteiger partial charge in [0.25, 0.3) is 0 Å². The first-order chi connectivity index (χ1) is 11.7. The number of aryl methyl sites for hydroxylation is 1. The van der Waals surface area contributed by atoms with Gasteiger partial charge in [0.05, 0.1) is 11.4 Å². The monoisotopic (exact) mass is 341 g/mol. The van der Waals surface area contributed by atoms with Gasteiger partial charge in [-0.2, -0.15) is 0 Å². The van der Waals surface area contributed by atoms with Gasteiger partial charge in [-0.1, -0.05) is 30.0 Å². The Hall–Kier alpha value is -1.75. The third-order valence-electron chi connectivity index (χ3n) is 4.77. The molecule has 2 aromatic rings. The number of benzene rings is 1. The Labute approximate surface area is 147 Å². The second kappa shape index (κ2) is 6.63. The van der Waals surface area contributed by atoms with Crippen LogP contribution >= 0.6 is 11.8 Å². The van der Waals surface area contributed by atoms with Gasteiger partial charge in [0, 0.05) is 25.0 Å². The van der Waals surface area contributed by atoms with E-state index in [0.29, 0.717) is 11.8 Å². The number of carbonyl (C=O) groups excluding carboxylic acids is 1. The van der Waals surface area contributed by atoms with E-state index in [4.69, 9.17) is 0 Å². The van der Waals surface area contributed by atoms with Crippen molar-refractivity contribution in [1.82, 2.24) is 14.5 Å². The first kappa shape index (κ1) is 15.8. The van der Waals surface area contributed by atoms with Crippen molar-refractivity contribution in [2.24, 2.45) is 5.92 Å². The predicted molar refractivity (Wildman–Crippen MR) is 96.5 cm³/mol. The summed E-state index contributed by atoms with van der Waals surface area (Å²) in [6, 6.07) is 8.77. The number of hydrogen-bond acceptors (Lipinski definition) is 3. The molecule has 0 aliphatic heterocycles. The summed E-state index contributed by atoms with van der Waals surface area (Å²) in [5, 5.41) is 0.889. The van der Waals surface area contributed by atoms with Crippen molar-refractivity contribution in [2.45, 2.75) is 43.8 Å². The Morgan fingerprint density at radius 2 is 2.08 bits per heavy atom. The van der Waals surface area contributed by atoms with E-state index in [1.807, 2.05) is 24.5 Å². The third-order valence-corrected chi connectivity index (χ3v) is 5.72. The molecule has 0 unspecified atom stereocenters. The zero-order chi connectivity index (χ0) is 16.5. The summed E-state index contributed by atoms with van der Waals surface area (Å²) >= 11 is 1.55. The maximum Gasteiger partial charge on any atom is 0.233 e. The summed E-state index contributed by atoms with van der Waals surface area (Å²) in [6.07, 6.45) is 8.73. The van der Waals surface area contributed by atoms with E-state index in [-0.39, 0.29) is 5.91 Å². The smallest absolute Gasteiger partial charge is 0.233 e. The van der Waals surface area contributed by atoms with Crippen molar-refractivity contribution in [2.75, 3.05) is 12.3 Å². The topological polar surface area (TPSA) is 38.1 Å². The van der Waals surface area contributed by atoms with Gasteiger partial charge in [-0.05, 0) is 50.2 Å². The van der Waals surface area contributed by atoms with Crippen LogP contribution in [0, 0.1) is 12.8 Å². The van der Waals surface area contributed by atoms with Crippen molar-refractivity contribution >= 4 is 17.7 Å². The molecule has 0 N–H and O–H groups in total. The van der Waals surface area contributed by atoms with Crippen LogP contribution in [0.15, 0.2) is 41.8 Å². The second-order valence-corrected chi connectivity index (χ2v) is 7.82. The number of para-hydroxylation sites is 1. The molecule has 0 saturated heterocycles. The summed E-state index contributed by atoms with van der Waals surface area (Å²) in [4.78, 5) is 19.3. The largest absolute Gasteiger partial charge is 0.339 e. The van der Waals surface area contributed by atoms with E-state index < -0.39 is 0 Å². The molecule has 1 aromatic heterocycles. The molecule has 4 nitrogen and oxygen atoms in total. The highest BCUT2D eigenvalue weighted by Gasteiger charge is 2.36.